The van der Waals surface area contributed by atoms with Crippen molar-refractivity contribution in [1.82, 2.24) is 4.90 Å². The van der Waals surface area contributed by atoms with E-state index in [2.05, 4.69) is 4.99 Å². The van der Waals surface area contributed by atoms with Gasteiger partial charge in [-0.3, -0.25) is 4.90 Å². The van der Waals surface area contributed by atoms with Crippen molar-refractivity contribution in [2.24, 2.45) is 16.6 Å². The molecule has 0 fully saturated rings. The van der Waals surface area contributed by atoms with Gasteiger partial charge in [0, 0.05) is 0 Å². The quantitative estimate of drug-likeness (QED) is 0.858. The number of carbonyl (C=O) groups is 1. The van der Waals surface area contributed by atoms with Crippen molar-refractivity contribution in [3.05, 3.63) is 29.8 Å². The topological polar surface area (TPSA) is 78.9 Å². The van der Waals surface area contributed by atoms with E-state index in [1.807, 2.05) is 38.1 Å². The summed E-state index contributed by atoms with van der Waals surface area (Å²) < 4.78 is 0. The molecule has 1 atom stereocenters. The first-order chi connectivity index (χ1) is 8.99. The second kappa shape index (κ2) is 5.30. The molecule has 19 heavy (non-hydrogen) atoms. The summed E-state index contributed by atoms with van der Waals surface area (Å²) in [6, 6.07) is 7.15. The minimum Gasteiger partial charge on any atom is -0.465 e. The highest BCUT2D eigenvalue weighted by atomic mass is 16.4. The number of para-hydroxylation sites is 1. The smallest absolute Gasteiger partial charge is 0.408 e. The van der Waals surface area contributed by atoms with Gasteiger partial charge < -0.3 is 10.8 Å². The van der Waals surface area contributed by atoms with Crippen LogP contribution >= 0.6 is 0 Å². The monoisotopic (exact) mass is 261 g/mol. The van der Waals surface area contributed by atoms with Crippen molar-refractivity contribution >= 4 is 17.6 Å². The molecule has 5 nitrogen and oxygen atoms in total. The molecule has 0 radical (unpaired) electrons. The molecule has 1 amide bonds. The van der Waals surface area contributed by atoms with Gasteiger partial charge in [-0.05, 0) is 24.0 Å². The minimum absolute atomic E-state index is 0.326. The van der Waals surface area contributed by atoms with E-state index in [0.717, 1.165) is 11.3 Å². The van der Waals surface area contributed by atoms with Crippen molar-refractivity contribution in [3.8, 4) is 0 Å². The summed E-state index contributed by atoms with van der Waals surface area (Å²) >= 11 is 0. The Morgan fingerprint density at radius 2 is 2.21 bits per heavy atom. The van der Waals surface area contributed by atoms with Crippen molar-refractivity contribution in [2.45, 2.75) is 32.9 Å². The number of nitrogens with zero attached hydrogens (tertiary/aromatic N) is 2. The van der Waals surface area contributed by atoms with Gasteiger partial charge in [-0.2, -0.15) is 0 Å². The van der Waals surface area contributed by atoms with Gasteiger partial charge in [0.15, 0.2) is 0 Å². The number of nitrogens with two attached hydrogens (primary N) is 1. The fourth-order valence-corrected chi connectivity index (χ4v) is 2.32. The Bertz CT molecular complexity index is 511. The van der Waals surface area contributed by atoms with E-state index >= 15 is 0 Å². The zero-order chi connectivity index (χ0) is 14.0. The number of benzene rings is 1. The van der Waals surface area contributed by atoms with E-state index in [1.54, 1.807) is 0 Å². The molecule has 0 aliphatic carbocycles. The van der Waals surface area contributed by atoms with Crippen molar-refractivity contribution < 1.29 is 9.90 Å². The van der Waals surface area contributed by atoms with E-state index in [4.69, 9.17) is 5.73 Å². The molecule has 2 rings (SSSR count). The lowest BCUT2D eigenvalue weighted by atomic mass is 10.0. The summed E-state index contributed by atoms with van der Waals surface area (Å²) in [4.78, 5) is 17.2. The minimum atomic E-state index is -0.958. The van der Waals surface area contributed by atoms with Crippen LogP contribution in [-0.2, 0) is 6.54 Å². The van der Waals surface area contributed by atoms with E-state index in [-0.39, 0.29) is 6.04 Å². The van der Waals surface area contributed by atoms with Crippen LogP contribution in [0.25, 0.3) is 0 Å². The number of carboxylic acid groups (broad SMARTS) is 1. The number of amidine groups is 1. The van der Waals surface area contributed by atoms with Gasteiger partial charge in [-0.1, -0.05) is 32.0 Å². The second-order valence-corrected chi connectivity index (χ2v) is 5.22. The zero-order valence-electron chi connectivity index (χ0n) is 11.2. The number of fused-ring (bicyclic) bond motifs is 1. The molecular formula is C14H19N3O2. The average molecular weight is 261 g/mol. The van der Waals surface area contributed by atoms with Gasteiger partial charge in [-0.25, -0.2) is 9.79 Å². The summed E-state index contributed by atoms with van der Waals surface area (Å²) in [6.45, 7) is 4.42. The van der Waals surface area contributed by atoms with Crippen LogP contribution in [0, 0.1) is 5.92 Å². The van der Waals surface area contributed by atoms with Crippen LogP contribution in [0.2, 0.25) is 0 Å². The summed E-state index contributed by atoms with van der Waals surface area (Å²) in [6.07, 6.45) is -0.282. The predicted octanol–water partition coefficient (Wildman–Crippen LogP) is 2.58. The maximum absolute atomic E-state index is 11.5. The van der Waals surface area contributed by atoms with E-state index in [0.29, 0.717) is 24.7 Å². The maximum atomic E-state index is 11.5. The molecule has 1 aromatic carbocycles. The van der Waals surface area contributed by atoms with Gasteiger partial charge in [0.2, 0.25) is 0 Å². The molecule has 1 heterocycles. The number of aliphatic imine (C=N–C) groups is 1. The Labute approximate surface area is 112 Å². The van der Waals surface area contributed by atoms with Crippen LogP contribution in [0.3, 0.4) is 0 Å². The van der Waals surface area contributed by atoms with Gasteiger partial charge in [0.1, 0.15) is 5.84 Å². The maximum Gasteiger partial charge on any atom is 0.408 e. The standard InChI is InChI=1S/C14H19N3O2/c1-9(2)7-12-13(15)16-11-6-4-3-5-10(11)8-17(12)14(18)19/h3-6,9,12H,7-8H2,1-2H3,(H2,15,16)(H,18,19). The van der Waals surface area contributed by atoms with E-state index in [9.17, 15) is 9.90 Å². The third-order valence-corrected chi connectivity index (χ3v) is 3.24. The average Bonchev–Trinajstić information content (AvgIpc) is 2.47. The normalized spacial score (nSPS) is 18.8. The lowest BCUT2D eigenvalue weighted by Gasteiger charge is -2.28. The molecule has 5 heteroatoms. The van der Waals surface area contributed by atoms with Gasteiger partial charge in [-0.15, -0.1) is 0 Å². The van der Waals surface area contributed by atoms with Crippen LogP contribution < -0.4 is 5.73 Å². The molecule has 0 saturated heterocycles. The van der Waals surface area contributed by atoms with Crippen LogP contribution in [0.15, 0.2) is 29.3 Å². The molecular weight excluding hydrogens is 242 g/mol. The Kier molecular flexibility index (Phi) is 3.74. The molecule has 1 aliphatic heterocycles. The summed E-state index contributed by atoms with van der Waals surface area (Å²) in [5.74, 6) is 0.725. The number of hydrogen-bond donors (Lipinski definition) is 2. The fourth-order valence-electron chi connectivity index (χ4n) is 2.32. The Morgan fingerprint density at radius 1 is 1.53 bits per heavy atom. The number of rotatable bonds is 2. The number of amides is 1. The molecule has 1 unspecified atom stereocenters. The first kappa shape index (κ1) is 13.4. The SMILES string of the molecule is CC(C)CC1C(N)=Nc2ccccc2CN1C(=O)O. The van der Waals surface area contributed by atoms with Gasteiger partial charge in [0.25, 0.3) is 0 Å². The summed E-state index contributed by atoms with van der Waals surface area (Å²) in [5, 5.41) is 9.41. The predicted molar refractivity (Wildman–Crippen MR) is 74.5 cm³/mol. The lowest BCUT2D eigenvalue weighted by Crippen LogP contribution is -2.46. The first-order valence-electron chi connectivity index (χ1n) is 6.40. The number of hydrogen-bond acceptors (Lipinski definition) is 3. The molecule has 1 aliphatic rings. The highest BCUT2D eigenvalue weighted by molar-refractivity contribution is 5.91. The van der Waals surface area contributed by atoms with Crippen LogP contribution in [-0.4, -0.2) is 28.0 Å². The van der Waals surface area contributed by atoms with Crippen molar-refractivity contribution in [3.63, 3.8) is 0 Å². The van der Waals surface area contributed by atoms with Crippen LogP contribution in [0.5, 0.6) is 0 Å². The highest BCUT2D eigenvalue weighted by Gasteiger charge is 2.30. The van der Waals surface area contributed by atoms with Gasteiger partial charge >= 0.3 is 6.09 Å². The van der Waals surface area contributed by atoms with Gasteiger partial charge in [0.05, 0.1) is 18.3 Å². The zero-order valence-corrected chi connectivity index (χ0v) is 11.2. The summed E-state index contributed by atoms with van der Waals surface area (Å²) in [7, 11) is 0. The Morgan fingerprint density at radius 3 is 2.84 bits per heavy atom. The lowest BCUT2D eigenvalue weighted by molar-refractivity contribution is 0.129. The third kappa shape index (κ3) is 2.86. The highest BCUT2D eigenvalue weighted by Crippen LogP contribution is 2.27. The first-order valence-corrected chi connectivity index (χ1v) is 6.40. The summed E-state index contributed by atoms with van der Waals surface area (Å²) in [5.41, 5.74) is 7.66. The largest absolute Gasteiger partial charge is 0.465 e. The van der Waals surface area contributed by atoms with E-state index < -0.39 is 6.09 Å². The van der Waals surface area contributed by atoms with Crippen LogP contribution in [0.4, 0.5) is 10.5 Å². The molecule has 1 aromatic rings. The molecule has 3 N–H and O–H groups in total. The Hall–Kier alpha value is -2.04. The van der Waals surface area contributed by atoms with Crippen molar-refractivity contribution in [1.29, 1.82) is 0 Å². The second-order valence-electron chi connectivity index (χ2n) is 5.22. The van der Waals surface area contributed by atoms with Crippen LogP contribution in [0.1, 0.15) is 25.8 Å². The van der Waals surface area contributed by atoms with Crippen molar-refractivity contribution in [2.75, 3.05) is 0 Å². The molecule has 0 bridgehead atoms. The Balaban J connectivity index is 2.42. The molecule has 0 saturated carbocycles. The fraction of sp³-hybridized carbons (Fsp3) is 0.429. The third-order valence-electron chi connectivity index (χ3n) is 3.24. The molecule has 0 spiro atoms. The molecule has 102 valence electrons. The van der Waals surface area contributed by atoms with E-state index in [1.165, 1.54) is 4.90 Å². The molecule has 0 aromatic heterocycles.